The molecule has 0 aliphatic carbocycles. The first-order valence-corrected chi connectivity index (χ1v) is 34.8. The van der Waals surface area contributed by atoms with Gasteiger partial charge in [-0.05, 0) is 128 Å². The molecule has 5 N–H and O–H groups in total. The molecule has 2 aliphatic heterocycles. The molecule has 0 aromatic heterocycles. The zero-order chi connectivity index (χ0) is 74.7. The van der Waals surface area contributed by atoms with Crippen LogP contribution in [0.5, 0.6) is 0 Å². The topological polar surface area (TPSA) is 312 Å². The Bertz CT molecular complexity index is 2720. The number of ether oxygens (including phenoxy) is 1. The lowest BCUT2D eigenvalue weighted by molar-refractivity contribution is -0.158. The van der Waals surface area contributed by atoms with Crippen LogP contribution >= 0.6 is 0 Å². The maximum atomic E-state index is 15.3. The average Bonchev–Trinajstić information content (AvgIpc) is 0.782. The molecule has 2 fully saturated rings. The van der Waals surface area contributed by atoms with Crippen molar-refractivity contribution in [1.82, 2.24) is 65.4 Å². The third kappa shape index (κ3) is 22.4. The molecule has 0 radical (unpaired) electrons. The van der Waals surface area contributed by atoms with E-state index in [1.807, 2.05) is 48.6 Å². The summed E-state index contributed by atoms with van der Waals surface area (Å²) in [5.74, 6) is -11.0. The molecule has 2 aliphatic rings. The Hall–Kier alpha value is -6.74. The van der Waals surface area contributed by atoms with Gasteiger partial charge >= 0.3 is 6.09 Å². The van der Waals surface area contributed by atoms with Crippen molar-refractivity contribution >= 4 is 71.5 Å². The zero-order valence-electron chi connectivity index (χ0n) is 63.6. The number of amides is 11. The van der Waals surface area contributed by atoms with Gasteiger partial charge in [0.2, 0.25) is 59.1 Å². The van der Waals surface area contributed by atoms with Gasteiger partial charge in [0.1, 0.15) is 54.4 Å². The van der Waals surface area contributed by atoms with E-state index >= 15 is 28.8 Å². The van der Waals surface area contributed by atoms with Crippen LogP contribution in [0.4, 0.5) is 4.79 Å². The Morgan fingerprint density at radius 2 is 1.06 bits per heavy atom. The Balaban J connectivity index is 3.12. The third-order valence-electron chi connectivity index (χ3n) is 19.6. The summed E-state index contributed by atoms with van der Waals surface area (Å²) in [6.07, 6.45) is 3.69. The molecule has 0 unspecified atom stereocenters. The number of allylic oxidation sites excluding steroid dienone is 2. The lowest BCUT2D eigenvalue weighted by Crippen LogP contribution is -2.72. The number of likely N-dealkylation sites (N-methyl/N-ethyl adjacent to an activating group) is 7. The maximum absolute atomic E-state index is 15.3. The predicted molar refractivity (Wildman–Crippen MR) is 372 cm³/mol. The molecule has 27 heteroatoms. The lowest BCUT2D eigenvalue weighted by Gasteiger charge is -2.47. The van der Waals surface area contributed by atoms with Gasteiger partial charge in [-0.25, -0.2) is 4.79 Å². The van der Waals surface area contributed by atoms with Gasteiger partial charge in [0, 0.05) is 68.3 Å². The molecule has 97 heavy (non-hydrogen) atoms. The first-order chi connectivity index (χ1) is 44.9. The highest BCUT2D eigenvalue weighted by atomic mass is 16.6. The SMILES string of the molecule is C/C=C/C[C@@H](C)[C@@H](O)[C@H]1C(=O)N[C@@H](CC)C(=O)N(C)[C@H](C)C(=O)N(C)[C@](C=O)([C@H](C)COC(=O)N(C)C2CCN(C)CC2)N[C@@H](C(C)C)C(=O)N(C)[C@@H](CC(C)C)C(=O)N[C@@H](C)C(=O)N[C@H](C)C(=O)N(C)[C@@H](CC(C)C)C(=O)N(C)[C@@H](CC(C)C)C(=O)N(C)[C@@H](C(C)C)C(=O)N1C. The summed E-state index contributed by atoms with van der Waals surface area (Å²) in [5.41, 5.74) is -2.21. The third-order valence-corrected chi connectivity index (χ3v) is 19.6. The van der Waals surface area contributed by atoms with E-state index in [1.54, 1.807) is 74.6 Å². The van der Waals surface area contributed by atoms with Crippen LogP contribution < -0.4 is 21.3 Å². The standard InChI is InChI=1S/C70H125N13O14/c1-27-29-30-45(13)58(85)57-61(88)73-51(28-2)64(91)76(19)49(17)63(90)83(26)70(39-84,46(14)38-97-69(96)77(20)50-31-33-75(18)34-32-50)74-55(43(9)10)67(94)78(21)52(35-40(3)4)60(87)71-47(15)59(86)72-48(16)62(89)79(22)53(36-41(5)6)65(92)80(23)54(37-42(7)8)66(93)81(24)56(44(11)12)68(95)82(57)25/h27,29,39-58,74,85H,28,30-38H2,1-26H3,(H,71,87)(H,72,86)(H,73,88)/b29-27+/t45-,46-,47+,48-,49-,51+,52+,53+,54+,55+,56+,57+,58-,70-/m1/s1. The van der Waals surface area contributed by atoms with Gasteiger partial charge in [0.15, 0.2) is 11.9 Å². The quantitative estimate of drug-likeness (QED) is 0.0970. The highest BCUT2D eigenvalue weighted by Gasteiger charge is 2.51. The zero-order valence-corrected chi connectivity index (χ0v) is 63.6. The van der Waals surface area contributed by atoms with Crippen LogP contribution in [0.25, 0.3) is 0 Å². The fraction of sp³-hybridized carbons (Fsp3) is 0.800. The number of nitrogens with zero attached hydrogens (tertiary/aromatic N) is 9. The average molecular weight is 1370 g/mol. The molecule has 554 valence electrons. The molecular weight excluding hydrogens is 1250 g/mol. The number of nitrogens with one attached hydrogen (secondary N) is 4. The summed E-state index contributed by atoms with van der Waals surface area (Å²) in [6.45, 7) is 29.9. The van der Waals surface area contributed by atoms with Crippen LogP contribution in [0.2, 0.25) is 0 Å². The maximum Gasteiger partial charge on any atom is 0.409 e. The molecule has 0 saturated carbocycles. The number of likely N-dealkylation sites (tertiary alicyclic amines) is 1. The molecule has 2 saturated heterocycles. The van der Waals surface area contributed by atoms with Gasteiger partial charge in [-0.3, -0.25) is 58.1 Å². The monoisotopic (exact) mass is 1370 g/mol. The Morgan fingerprint density at radius 1 is 0.588 bits per heavy atom. The number of hydrogen-bond acceptors (Lipinski definition) is 16. The summed E-state index contributed by atoms with van der Waals surface area (Å²) in [6, 6.07) is -13.4. The fourth-order valence-corrected chi connectivity index (χ4v) is 12.8. The number of aldehydes is 1. The number of carbonyl (C=O) groups is 12. The normalized spacial score (nSPS) is 28.0. The van der Waals surface area contributed by atoms with Crippen molar-refractivity contribution in [2.75, 3.05) is 83.1 Å². The molecule has 0 aromatic rings. The van der Waals surface area contributed by atoms with E-state index < -0.39 is 168 Å². The van der Waals surface area contributed by atoms with E-state index in [0.717, 1.165) is 27.8 Å². The molecule has 2 rings (SSSR count). The minimum atomic E-state index is -2.21. The highest BCUT2D eigenvalue weighted by molar-refractivity contribution is 5.99. The summed E-state index contributed by atoms with van der Waals surface area (Å²) < 4.78 is 5.94. The van der Waals surface area contributed by atoms with E-state index in [4.69, 9.17) is 4.74 Å². The summed E-state index contributed by atoms with van der Waals surface area (Å²) in [7, 11) is 13.3. The van der Waals surface area contributed by atoms with Crippen molar-refractivity contribution in [3.05, 3.63) is 12.2 Å². The van der Waals surface area contributed by atoms with Crippen molar-refractivity contribution in [1.29, 1.82) is 0 Å². The lowest BCUT2D eigenvalue weighted by atomic mass is 9.89. The Kier molecular flexibility index (Phi) is 34.3. The largest absolute Gasteiger partial charge is 0.449 e. The second-order valence-electron chi connectivity index (χ2n) is 29.5. The summed E-state index contributed by atoms with van der Waals surface area (Å²) in [4.78, 5) is 190. The van der Waals surface area contributed by atoms with Gasteiger partial charge < -0.3 is 69.9 Å². The second kappa shape index (κ2) is 38.6. The molecule has 14 atom stereocenters. The van der Waals surface area contributed by atoms with Crippen molar-refractivity contribution in [2.24, 2.45) is 41.4 Å². The molecule has 2 heterocycles. The van der Waals surface area contributed by atoms with Gasteiger partial charge in [-0.15, -0.1) is 0 Å². The first kappa shape index (κ1) is 86.3. The number of aliphatic hydroxyl groups is 1. The van der Waals surface area contributed by atoms with Crippen LogP contribution in [0.3, 0.4) is 0 Å². The van der Waals surface area contributed by atoms with Gasteiger partial charge in [-0.1, -0.05) is 102 Å². The molecule has 0 aromatic carbocycles. The molecule has 0 bridgehead atoms. The van der Waals surface area contributed by atoms with E-state index in [-0.39, 0.29) is 55.9 Å². The minimum Gasteiger partial charge on any atom is -0.449 e. The number of hydrogen-bond donors (Lipinski definition) is 5. The predicted octanol–water partition coefficient (Wildman–Crippen LogP) is 3.41. The smallest absolute Gasteiger partial charge is 0.409 e. The minimum absolute atomic E-state index is 0.0571. The molecule has 0 spiro atoms. The van der Waals surface area contributed by atoms with Gasteiger partial charge in [0.25, 0.3) is 0 Å². The molecule has 11 amide bonds. The first-order valence-electron chi connectivity index (χ1n) is 34.8. The van der Waals surface area contributed by atoms with Crippen molar-refractivity contribution in [3.63, 3.8) is 0 Å². The fourth-order valence-electron chi connectivity index (χ4n) is 12.8. The van der Waals surface area contributed by atoms with E-state index in [2.05, 4.69) is 26.2 Å². The molecule has 27 nitrogen and oxygen atoms in total. The highest BCUT2D eigenvalue weighted by Crippen LogP contribution is 2.29. The van der Waals surface area contributed by atoms with Crippen molar-refractivity contribution in [3.8, 4) is 0 Å². The molecular formula is C70H125N13O14. The van der Waals surface area contributed by atoms with Crippen LogP contribution in [-0.2, 0) is 57.5 Å². The number of rotatable bonds is 18. The van der Waals surface area contributed by atoms with Crippen LogP contribution in [0.1, 0.15) is 163 Å². The van der Waals surface area contributed by atoms with E-state index in [0.29, 0.717) is 19.1 Å². The van der Waals surface area contributed by atoms with Gasteiger partial charge in [0.05, 0.1) is 18.8 Å². The second-order valence-corrected chi connectivity index (χ2v) is 29.5. The number of aliphatic hydroxyl groups excluding tert-OH is 1. The van der Waals surface area contributed by atoms with Crippen LogP contribution in [-0.4, -0.2) is 282 Å². The number of carbonyl (C=O) groups excluding carboxylic acids is 12. The van der Waals surface area contributed by atoms with Gasteiger partial charge in [-0.2, -0.15) is 0 Å². The van der Waals surface area contributed by atoms with Crippen molar-refractivity contribution < 1.29 is 67.4 Å². The summed E-state index contributed by atoms with van der Waals surface area (Å²) >= 11 is 0. The van der Waals surface area contributed by atoms with Crippen molar-refractivity contribution in [2.45, 2.75) is 241 Å². The Labute approximate surface area is 579 Å². The van der Waals surface area contributed by atoms with Crippen LogP contribution in [0.15, 0.2) is 12.2 Å². The van der Waals surface area contributed by atoms with Crippen LogP contribution in [0, 0.1) is 41.4 Å². The summed E-state index contributed by atoms with van der Waals surface area (Å²) in [5, 5.41) is 23.6. The Morgan fingerprint density at radius 3 is 1.54 bits per heavy atom. The van der Waals surface area contributed by atoms with E-state index in [9.17, 15) is 33.9 Å². The van der Waals surface area contributed by atoms with E-state index in [1.165, 1.54) is 94.6 Å². The number of piperidine rings is 1.